The van der Waals surface area contributed by atoms with Gasteiger partial charge in [-0.05, 0) is 83.7 Å². The number of nitrogens with zero attached hydrogens (tertiary/aromatic N) is 1. The Hall–Kier alpha value is -3.23. The number of benzene rings is 2. The lowest BCUT2D eigenvalue weighted by atomic mass is 9.85. The minimum atomic E-state index is -0.129. The van der Waals surface area contributed by atoms with Crippen LogP contribution < -0.4 is 10.5 Å². The summed E-state index contributed by atoms with van der Waals surface area (Å²) in [6.45, 7) is 2.16. The van der Waals surface area contributed by atoms with Crippen LogP contribution >= 0.6 is 21.6 Å². The fourth-order valence-corrected chi connectivity index (χ4v) is 9.03. The molecule has 0 unspecified atom stereocenters. The molecule has 3 N–H and O–H groups in total. The third-order valence-corrected chi connectivity index (χ3v) is 11.3. The van der Waals surface area contributed by atoms with Crippen LogP contribution in [0.1, 0.15) is 84.4 Å². The number of nitrogens with two attached hydrogens (primary N) is 1. The Morgan fingerprint density at radius 3 is 2.64 bits per heavy atom. The molecule has 1 aliphatic carbocycles. The maximum absolute atomic E-state index is 13.4. The molecule has 220 valence electrons. The van der Waals surface area contributed by atoms with Crippen LogP contribution in [-0.2, 0) is 16.0 Å². The van der Waals surface area contributed by atoms with E-state index >= 15 is 0 Å². The molecule has 4 bridgehead atoms. The van der Waals surface area contributed by atoms with Gasteiger partial charge in [0.05, 0.1) is 13.5 Å². The van der Waals surface area contributed by atoms with Gasteiger partial charge in [-0.15, -0.1) is 0 Å². The van der Waals surface area contributed by atoms with Crippen molar-refractivity contribution in [2.45, 2.75) is 63.0 Å². The number of rotatable bonds is 4. The van der Waals surface area contributed by atoms with Gasteiger partial charge in [0.1, 0.15) is 11.6 Å². The predicted molar refractivity (Wildman–Crippen MR) is 173 cm³/mol. The van der Waals surface area contributed by atoms with E-state index in [-0.39, 0.29) is 34.9 Å². The topological polar surface area (TPSA) is 103 Å². The lowest BCUT2D eigenvalue weighted by Crippen LogP contribution is -2.12. The maximum atomic E-state index is 13.4. The fourth-order valence-electron chi connectivity index (χ4n) is 5.82. The van der Waals surface area contributed by atoms with E-state index in [1.807, 2.05) is 39.9 Å². The van der Waals surface area contributed by atoms with Gasteiger partial charge in [-0.1, -0.05) is 65.3 Å². The quantitative estimate of drug-likeness (QED) is 0.231. The van der Waals surface area contributed by atoms with Gasteiger partial charge in [-0.3, -0.25) is 9.59 Å². The largest absolute Gasteiger partial charge is 0.504 e. The molecule has 0 radical (unpaired) electrons. The Bertz CT molecular complexity index is 1470. The van der Waals surface area contributed by atoms with Gasteiger partial charge in [0, 0.05) is 35.1 Å². The van der Waals surface area contributed by atoms with E-state index in [4.69, 9.17) is 10.5 Å². The number of pyridine rings is 1. The van der Waals surface area contributed by atoms with Gasteiger partial charge in [0.25, 0.3) is 0 Å². The first kappa shape index (κ1) is 30.2. The number of methoxy groups -OCH3 is 1. The molecular weight excluding hydrogens is 565 g/mol. The number of ketones is 2. The number of anilines is 1. The molecule has 1 aliphatic heterocycles. The van der Waals surface area contributed by atoms with E-state index in [9.17, 15) is 14.7 Å². The number of ether oxygens (including phenoxy) is 1. The summed E-state index contributed by atoms with van der Waals surface area (Å²) in [5, 5.41) is 10.8. The molecule has 8 heteroatoms. The zero-order valence-electron chi connectivity index (χ0n) is 24.2. The third-order valence-electron chi connectivity index (χ3n) is 8.39. The highest BCUT2D eigenvalue weighted by Crippen LogP contribution is 2.46. The van der Waals surface area contributed by atoms with Crippen molar-refractivity contribution in [3.8, 4) is 11.5 Å². The van der Waals surface area contributed by atoms with Gasteiger partial charge >= 0.3 is 0 Å². The number of Topliss-reactive ketones (excluding diaryl/α,β-unsaturated/α-hetero) is 2. The lowest BCUT2D eigenvalue weighted by molar-refractivity contribution is -0.125. The number of phenolic OH excluding ortho intramolecular Hbond substituents is 1. The maximum Gasteiger partial charge on any atom is 0.166 e. The van der Waals surface area contributed by atoms with Crippen LogP contribution in [0.15, 0.2) is 60.3 Å². The Labute approximate surface area is 255 Å². The summed E-state index contributed by atoms with van der Waals surface area (Å²) in [5.41, 5.74) is 12.1. The molecule has 42 heavy (non-hydrogen) atoms. The number of hydrogen-bond donors (Lipinski definition) is 2. The number of aromatic hydroxyl groups is 1. The molecule has 2 aromatic carbocycles. The van der Waals surface area contributed by atoms with Crippen molar-refractivity contribution in [1.82, 2.24) is 4.98 Å². The molecule has 0 spiro atoms. The van der Waals surface area contributed by atoms with Crippen molar-refractivity contribution in [3.05, 3.63) is 88.1 Å². The zero-order chi connectivity index (χ0) is 29.6. The van der Waals surface area contributed by atoms with Crippen molar-refractivity contribution in [2.75, 3.05) is 18.6 Å². The standard InChI is InChI=1S/C34H38N2O4S2/c1-3-21-9-11-26(37)17-30(38)23-10-12-27(28-18-31(39)32(40-2)16-24(28)14-23)25-15-29(34(35)36-19-25)33(42-41-20-21)13-22-7-5-4-6-8-22/h4-8,14-16,18-19,21,27,33,39H,3,9-13,17,20H2,1-2H3,(H2,35,36)/t21-,27+,33+/m0/s1. The van der Waals surface area contributed by atoms with Crippen LogP contribution in [0.5, 0.6) is 11.5 Å². The molecule has 5 rings (SSSR count). The summed E-state index contributed by atoms with van der Waals surface area (Å²) < 4.78 is 5.41. The van der Waals surface area contributed by atoms with Crippen molar-refractivity contribution in [1.29, 1.82) is 0 Å². The van der Waals surface area contributed by atoms with E-state index in [1.165, 1.54) is 12.7 Å². The number of hydrogen-bond acceptors (Lipinski definition) is 8. The fraction of sp³-hybridized carbons (Fsp3) is 0.382. The van der Waals surface area contributed by atoms with Crippen molar-refractivity contribution >= 4 is 45.0 Å². The minimum absolute atomic E-state index is 0.00351. The summed E-state index contributed by atoms with van der Waals surface area (Å²) >= 11 is 0. The molecule has 6 nitrogen and oxygen atoms in total. The number of aromatic nitrogens is 1. The molecule has 3 atom stereocenters. The van der Waals surface area contributed by atoms with Crippen molar-refractivity contribution in [2.24, 2.45) is 5.92 Å². The minimum Gasteiger partial charge on any atom is -0.504 e. The first-order chi connectivity index (χ1) is 20.4. The van der Waals surface area contributed by atoms with Crippen LogP contribution in [0.25, 0.3) is 6.08 Å². The van der Waals surface area contributed by atoms with Crippen molar-refractivity contribution < 1.29 is 19.4 Å². The van der Waals surface area contributed by atoms with Crippen LogP contribution in [0.2, 0.25) is 0 Å². The lowest BCUT2D eigenvalue weighted by Gasteiger charge is -2.23. The van der Waals surface area contributed by atoms with Gasteiger partial charge in [-0.25, -0.2) is 4.98 Å². The summed E-state index contributed by atoms with van der Waals surface area (Å²) in [4.78, 5) is 31.0. The molecule has 0 amide bonds. The molecular formula is C34H38N2O4S2. The molecule has 3 aromatic rings. The molecule has 1 aromatic heterocycles. The Morgan fingerprint density at radius 2 is 1.88 bits per heavy atom. The van der Waals surface area contributed by atoms with E-state index in [2.05, 4.69) is 42.2 Å². The SMILES string of the molecule is CC[C@H]1CCC(=O)CC(=O)C2=Cc3cc(OC)c(O)cc3[C@H](CC2)c2cnc(N)c(c2)[C@@H](Cc2ccccc2)SSC1. The van der Waals surface area contributed by atoms with Crippen LogP contribution in [0.4, 0.5) is 5.82 Å². The second kappa shape index (κ2) is 13.8. The van der Waals surface area contributed by atoms with Crippen LogP contribution in [0, 0.1) is 5.92 Å². The highest BCUT2D eigenvalue weighted by Gasteiger charge is 2.28. The van der Waals surface area contributed by atoms with Gasteiger partial charge in [0.2, 0.25) is 0 Å². The molecule has 2 heterocycles. The van der Waals surface area contributed by atoms with Crippen molar-refractivity contribution in [3.63, 3.8) is 0 Å². The summed E-state index contributed by atoms with van der Waals surface area (Å²) in [6, 6.07) is 16.1. The second-order valence-electron chi connectivity index (χ2n) is 11.2. The van der Waals surface area contributed by atoms with E-state index < -0.39 is 0 Å². The summed E-state index contributed by atoms with van der Waals surface area (Å²) in [7, 11) is 5.16. The Balaban J connectivity index is 1.61. The van der Waals surface area contributed by atoms with E-state index in [0.717, 1.165) is 47.3 Å². The number of phenols is 1. The van der Waals surface area contributed by atoms with Gasteiger partial charge in [0.15, 0.2) is 17.3 Å². The summed E-state index contributed by atoms with van der Waals surface area (Å²) in [5.74, 6) is 1.96. The third kappa shape index (κ3) is 7.04. The Kier molecular flexibility index (Phi) is 9.95. The number of fused-ring (bicyclic) bond motifs is 8. The Morgan fingerprint density at radius 1 is 1.07 bits per heavy atom. The number of carbonyl (C=O) groups excluding carboxylic acids is 2. The zero-order valence-corrected chi connectivity index (χ0v) is 25.8. The second-order valence-corrected chi connectivity index (χ2v) is 13.8. The van der Waals surface area contributed by atoms with Crippen LogP contribution in [-0.4, -0.2) is 34.5 Å². The number of nitrogen functional groups attached to an aromatic ring is 1. The van der Waals surface area contributed by atoms with Crippen LogP contribution in [0.3, 0.4) is 0 Å². The predicted octanol–water partition coefficient (Wildman–Crippen LogP) is 7.70. The first-order valence-corrected chi connectivity index (χ1v) is 17.0. The molecule has 0 fully saturated rings. The number of allylic oxidation sites excluding steroid dienone is 1. The average molecular weight is 603 g/mol. The number of carbonyl (C=O) groups is 2. The monoisotopic (exact) mass is 602 g/mol. The normalized spacial score (nSPS) is 21.7. The first-order valence-electron chi connectivity index (χ1n) is 14.6. The molecule has 0 saturated heterocycles. The molecule has 2 aliphatic rings. The van der Waals surface area contributed by atoms with E-state index in [1.54, 1.807) is 12.1 Å². The van der Waals surface area contributed by atoms with Gasteiger partial charge in [-0.2, -0.15) is 0 Å². The van der Waals surface area contributed by atoms with E-state index in [0.29, 0.717) is 42.3 Å². The van der Waals surface area contributed by atoms with Gasteiger partial charge < -0.3 is 15.6 Å². The average Bonchev–Trinajstić information content (AvgIpc) is 3.17. The highest BCUT2D eigenvalue weighted by atomic mass is 33.1. The smallest absolute Gasteiger partial charge is 0.166 e. The molecule has 0 saturated carbocycles. The summed E-state index contributed by atoms with van der Waals surface area (Å²) in [6.07, 6.45) is 7.76. The highest BCUT2D eigenvalue weighted by molar-refractivity contribution is 8.76.